The maximum absolute atomic E-state index is 13.8. The van der Waals surface area contributed by atoms with Gasteiger partial charge in [-0.15, -0.1) is 6.58 Å². The van der Waals surface area contributed by atoms with Gasteiger partial charge < -0.3 is 9.47 Å². The topological polar surface area (TPSA) is 8.17 Å². The van der Waals surface area contributed by atoms with E-state index in [0.717, 1.165) is 30.4 Å². The Labute approximate surface area is 127 Å². The van der Waals surface area contributed by atoms with Crippen molar-refractivity contribution in [3.63, 3.8) is 0 Å². The van der Waals surface area contributed by atoms with Crippen molar-refractivity contribution in [2.45, 2.75) is 13.0 Å². The summed E-state index contributed by atoms with van der Waals surface area (Å²) in [5.74, 6) is -0.143. The van der Waals surface area contributed by atoms with Crippen molar-refractivity contribution < 1.29 is 4.39 Å². The summed E-state index contributed by atoms with van der Waals surface area (Å²) in [7, 11) is 4.10. The molecule has 0 spiro atoms. The number of halogens is 2. The fourth-order valence-corrected chi connectivity index (χ4v) is 3.03. The zero-order chi connectivity index (χ0) is 14.0. The molecule has 2 aromatic rings. The van der Waals surface area contributed by atoms with Gasteiger partial charge in [-0.1, -0.05) is 6.08 Å². The third kappa shape index (κ3) is 3.00. The summed E-state index contributed by atoms with van der Waals surface area (Å²) in [6.45, 7) is 5.49. The summed E-state index contributed by atoms with van der Waals surface area (Å²) in [5.41, 5.74) is 2.29. The highest BCUT2D eigenvalue weighted by molar-refractivity contribution is 14.1. The molecular weight excluding hydrogens is 354 g/mol. The molecule has 19 heavy (non-hydrogen) atoms. The molecule has 0 aliphatic carbocycles. The van der Waals surface area contributed by atoms with Crippen LogP contribution in [0.4, 0.5) is 4.39 Å². The van der Waals surface area contributed by atoms with Gasteiger partial charge in [-0.25, -0.2) is 4.39 Å². The summed E-state index contributed by atoms with van der Waals surface area (Å²) in [4.78, 5) is 2.14. The maximum atomic E-state index is 13.8. The molecule has 0 unspecified atom stereocenters. The van der Waals surface area contributed by atoms with Crippen LogP contribution in [0.1, 0.15) is 5.56 Å². The van der Waals surface area contributed by atoms with Crippen molar-refractivity contribution in [3.8, 4) is 0 Å². The molecule has 0 atom stereocenters. The fourth-order valence-electron chi connectivity index (χ4n) is 2.23. The molecule has 0 aliphatic heterocycles. The lowest BCUT2D eigenvalue weighted by atomic mass is 10.1. The normalized spacial score (nSPS) is 11.4. The van der Waals surface area contributed by atoms with E-state index in [2.05, 4.69) is 58.9 Å². The van der Waals surface area contributed by atoms with Crippen LogP contribution in [-0.2, 0) is 13.0 Å². The first-order chi connectivity index (χ1) is 9.04. The van der Waals surface area contributed by atoms with Crippen molar-refractivity contribution in [2.24, 2.45) is 0 Å². The zero-order valence-electron chi connectivity index (χ0n) is 11.3. The van der Waals surface area contributed by atoms with Gasteiger partial charge in [0.15, 0.2) is 0 Å². The van der Waals surface area contributed by atoms with E-state index in [4.69, 9.17) is 0 Å². The molecule has 1 aromatic carbocycles. The van der Waals surface area contributed by atoms with Gasteiger partial charge >= 0.3 is 0 Å². The van der Waals surface area contributed by atoms with Gasteiger partial charge in [-0.2, -0.15) is 0 Å². The summed E-state index contributed by atoms with van der Waals surface area (Å²) in [5, 5.41) is 1.05. The molecule has 0 aliphatic rings. The van der Waals surface area contributed by atoms with Crippen LogP contribution in [0, 0.1) is 9.39 Å². The minimum Gasteiger partial charge on any atom is -0.343 e. The van der Waals surface area contributed by atoms with E-state index in [-0.39, 0.29) is 5.82 Å². The average molecular weight is 372 g/mol. The standard InChI is InChI=1S/C15H18FIN2/c1-4-8-19-10-11(7-9-18(2)3)14-13(19)6-5-12(16)15(14)17/h4-6,10H,1,7-9H2,2-3H3. The van der Waals surface area contributed by atoms with Gasteiger partial charge in [0.25, 0.3) is 0 Å². The quantitative estimate of drug-likeness (QED) is 0.574. The molecular formula is C15H18FIN2. The second-order valence-corrected chi connectivity index (χ2v) is 5.98. The molecule has 0 fully saturated rings. The lowest BCUT2D eigenvalue weighted by Gasteiger charge is -2.08. The Balaban J connectivity index is 2.55. The van der Waals surface area contributed by atoms with E-state index >= 15 is 0 Å². The SMILES string of the molecule is C=CCn1cc(CCN(C)C)c2c(I)c(F)ccc21. The zero-order valence-corrected chi connectivity index (χ0v) is 13.4. The van der Waals surface area contributed by atoms with Gasteiger partial charge in [0.05, 0.1) is 3.57 Å². The van der Waals surface area contributed by atoms with Crippen LogP contribution in [0.5, 0.6) is 0 Å². The third-order valence-electron chi connectivity index (χ3n) is 3.17. The van der Waals surface area contributed by atoms with Crippen molar-refractivity contribution >= 4 is 33.5 Å². The molecule has 1 aromatic heterocycles. The Hall–Kier alpha value is -0.880. The summed E-state index contributed by atoms with van der Waals surface area (Å²) in [6, 6.07) is 3.40. The molecule has 0 saturated heterocycles. The summed E-state index contributed by atoms with van der Waals surface area (Å²) < 4.78 is 16.6. The van der Waals surface area contributed by atoms with E-state index in [1.54, 1.807) is 6.07 Å². The van der Waals surface area contributed by atoms with E-state index in [9.17, 15) is 4.39 Å². The number of benzene rings is 1. The largest absolute Gasteiger partial charge is 0.343 e. The number of aromatic nitrogens is 1. The Morgan fingerprint density at radius 2 is 2.16 bits per heavy atom. The van der Waals surface area contributed by atoms with Gasteiger partial charge in [-0.3, -0.25) is 0 Å². The number of hydrogen-bond donors (Lipinski definition) is 0. The van der Waals surface area contributed by atoms with Crippen LogP contribution in [0.2, 0.25) is 0 Å². The molecule has 0 N–H and O–H groups in total. The van der Waals surface area contributed by atoms with E-state index in [0.29, 0.717) is 3.57 Å². The molecule has 0 saturated carbocycles. The molecule has 102 valence electrons. The third-order valence-corrected chi connectivity index (χ3v) is 4.22. The fraction of sp³-hybridized carbons (Fsp3) is 0.333. The Kier molecular flexibility index (Phi) is 4.62. The average Bonchev–Trinajstić information content (AvgIpc) is 2.71. The predicted molar refractivity (Wildman–Crippen MR) is 87.1 cm³/mol. The van der Waals surface area contributed by atoms with Crippen molar-refractivity contribution in [3.05, 3.63) is 45.9 Å². The first-order valence-corrected chi connectivity index (χ1v) is 7.33. The van der Waals surface area contributed by atoms with Crippen LogP contribution in [0.15, 0.2) is 31.0 Å². The number of rotatable bonds is 5. The predicted octanol–water partition coefficient (Wildman–Crippen LogP) is 3.68. The van der Waals surface area contributed by atoms with E-state index in [1.807, 2.05) is 12.1 Å². The van der Waals surface area contributed by atoms with Crippen molar-refractivity contribution in [2.75, 3.05) is 20.6 Å². The van der Waals surface area contributed by atoms with E-state index < -0.39 is 0 Å². The van der Waals surface area contributed by atoms with Crippen molar-refractivity contribution in [1.82, 2.24) is 9.47 Å². The number of nitrogens with zero attached hydrogens (tertiary/aromatic N) is 2. The highest BCUT2D eigenvalue weighted by Crippen LogP contribution is 2.29. The molecule has 2 rings (SSSR count). The number of fused-ring (bicyclic) bond motifs is 1. The highest BCUT2D eigenvalue weighted by Gasteiger charge is 2.14. The smallest absolute Gasteiger partial charge is 0.137 e. The van der Waals surface area contributed by atoms with Gasteiger partial charge in [-0.05, 0) is 60.8 Å². The van der Waals surface area contributed by atoms with Gasteiger partial charge in [0, 0.05) is 30.2 Å². The Morgan fingerprint density at radius 1 is 1.42 bits per heavy atom. The molecule has 2 nitrogen and oxygen atoms in total. The second-order valence-electron chi connectivity index (χ2n) is 4.90. The van der Waals surface area contributed by atoms with Crippen LogP contribution >= 0.6 is 22.6 Å². The summed E-state index contributed by atoms with van der Waals surface area (Å²) >= 11 is 2.10. The molecule has 1 heterocycles. The molecule has 4 heteroatoms. The van der Waals surface area contributed by atoms with Crippen LogP contribution in [0.3, 0.4) is 0 Å². The van der Waals surface area contributed by atoms with Gasteiger partial charge in [0.2, 0.25) is 0 Å². The Morgan fingerprint density at radius 3 is 2.79 bits per heavy atom. The first kappa shape index (κ1) is 14.5. The summed E-state index contributed by atoms with van der Waals surface area (Å²) in [6.07, 6.45) is 4.91. The lowest BCUT2D eigenvalue weighted by molar-refractivity contribution is 0.414. The van der Waals surface area contributed by atoms with Crippen LogP contribution < -0.4 is 0 Å². The molecule has 0 amide bonds. The second kappa shape index (κ2) is 6.05. The van der Waals surface area contributed by atoms with E-state index in [1.165, 1.54) is 5.56 Å². The minimum atomic E-state index is -0.143. The Bertz CT molecular complexity index is 602. The molecule has 0 radical (unpaired) electrons. The number of hydrogen-bond acceptors (Lipinski definition) is 1. The van der Waals surface area contributed by atoms with Gasteiger partial charge in [0.1, 0.15) is 5.82 Å². The minimum absolute atomic E-state index is 0.143. The maximum Gasteiger partial charge on any atom is 0.137 e. The highest BCUT2D eigenvalue weighted by atomic mass is 127. The molecule has 0 bridgehead atoms. The lowest BCUT2D eigenvalue weighted by Crippen LogP contribution is -2.15. The monoisotopic (exact) mass is 372 g/mol. The van der Waals surface area contributed by atoms with Crippen LogP contribution in [0.25, 0.3) is 10.9 Å². The van der Waals surface area contributed by atoms with Crippen molar-refractivity contribution in [1.29, 1.82) is 0 Å². The first-order valence-electron chi connectivity index (χ1n) is 6.26. The number of likely N-dealkylation sites (N-methyl/N-ethyl adjacent to an activating group) is 1. The number of allylic oxidation sites excluding steroid dienone is 1. The van der Waals surface area contributed by atoms with Crippen LogP contribution in [-0.4, -0.2) is 30.1 Å².